The third-order valence-electron chi connectivity index (χ3n) is 3.94. The normalized spacial score (nSPS) is 14.8. The van der Waals surface area contributed by atoms with Crippen LogP contribution in [0.3, 0.4) is 0 Å². The van der Waals surface area contributed by atoms with Crippen LogP contribution in [0.1, 0.15) is 24.3 Å². The lowest BCUT2D eigenvalue weighted by atomic mass is 10.1. The number of urea groups is 1. The predicted octanol–water partition coefficient (Wildman–Crippen LogP) is 2.43. The number of para-hydroxylation sites is 1. The number of hydrogen-bond acceptors (Lipinski definition) is 3. The molecular weight excluding hydrogens is 296 g/mol. The number of benzene rings is 1. The average molecular weight is 314 g/mol. The quantitative estimate of drug-likeness (QED) is 0.907. The van der Waals surface area contributed by atoms with Crippen molar-refractivity contribution < 1.29 is 14.7 Å². The molecule has 0 saturated carbocycles. The smallest absolute Gasteiger partial charge is 0.353 e. The number of amides is 2. The minimum absolute atomic E-state index is 0.0198. The number of aromatic amines is 1. The number of hydrogen-bond donors (Lipinski definition) is 2. The van der Waals surface area contributed by atoms with Crippen LogP contribution in [0, 0.1) is 0 Å². The van der Waals surface area contributed by atoms with Crippen molar-refractivity contribution in [1.82, 2.24) is 15.1 Å². The van der Waals surface area contributed by atoms with Crippen molar-refractivity contribution in [3.8, 4) is 11.3 Å². The number of carbonyl (C=O) groups is 2. The SMILES string of the molecule is CC(C)N1CCN(c2ccccc2-c2cc(C(=O)O)[nH]n2)C1=O. The summed E-state index contributed by atoms with van der Waals surface area (Å²) in [5, 5.41) is 15.6. The minimum Gasteiger partial charge on any atom is -0.477 e. The third kappa shape index (κ3) is 2.65. The molecule has 2 heterocycles. The van der Waals surface area contributed by atoms with Crippen molar-refractivity contribution in [2.24, 2.45) is 0 Å². The van der Waals surface area contributed by atoms with Gasteiger partial charge in [0.15, 0.2) is 0 Å². The van der Waals surface area contributed by atoms with Crippen LogP contribution in [0.4, 0.5) is 10.5 Å². The highest BCUT2D eigenvalue weighted by Gasteiger charge is 2.32. The van der Waals surface area contributed by atoms with Crippen molar-refractivity contribution in [2.45, 2.75) is 19.9 Å². The first-order valence-electron chi connectivity index (χ1n) is 7.45. The van der Waals surface area contributed by atoms with E-state index < -0.39 is 5.97 Å². The number of rotatable bonds is 4. The molecule has 2 aromatic rings. The van der Waals surface area contributed by atoms with Crippen LogP contribution in [0.25, 0.3) is 11.3 Å². The van der Waals surface area contributed by atoms with Gasteiger partial charge < -0.3 is 10.0 Å². The van der Waals surface area contributed by atoms with Gasteiger partial charge in [0.25, 0.3) is 0 Å². The van der Waals surface area contributed by atoms with Crippen LogP contribution in [-0.2, 0) is 0 Å². The standard InChI is InChI=1S/C16H18N4O3/c1-10(2)19-7-8-20(16(19)23)14-6-4-3-5-11(14)12-9-13(15(21)22)18-17-12/h3-6,9-10H,7-8H2,1-2H3,(H,17,18)(H,21,22). The van der Waals surface area contributed by atoms with Gasteiger partial charge in [0.1, 0.15) is 5.69 Å². The number of carbonyl (C=O) groups excluding carboxylic acids is 1. The van der Waals surface area contributed by atoms with Gasteiger partial charge in [0, 0.05) is 24.7 Å². The highest BCUT2D eigenvalue weighted by Crippen LogP contribution is 2.32. The molecule has 23 heavy (non-hydrogen) atoms. The molecule has 3 rings (SSSR count). The fourth-order valence-corrected chi connectivity index (χ4v) is 2.75. The van der Waals surface area contributed by atoms with Crippen LogP contribution in [0.2, 0.25) is 0 Å². The van der Waals surface area contributed by atoms with E-state index in [0.717, 1.165) is 11.3 Å². The first-order valence-corrected chi connectivity index (χ1v) is 7.45. The summed E-state index contributed by atoms with van der Waals surface area (Å²) in [6.45, 7) is 5.25. The first-order chi connectivity index (χ1) is 11.0. The number of carboxylic acids is 1. The third-order valence-corrected chi connectivity index (χ3v) is 3.94. The van der Waals surface area contributed by atoms with E-state index in [0.29, 0.717) is 18.8 Å². The molecule has 7 nitrogen and oxygen atoms in total. The molecule has 7 heteroatoms. The first kappa shape index (κ1) is 15.1. The Morgan fingerprint density at radius 2 is 2.04 bits per heavy atom. The molecule has 0 radical (unpaired) electrons. The summed E-state index contributed by atoms with van der Waals surface area (Å²) in [6.07, 6.45) is 0. The Morgan fingerprint density at radius 1 is 1.30 bits per heavy atom. The zero-order valence-corrected chi connectivity index (χ0v) is 13.0. The number of nitrogens with zero attached hydrogens (tertiary/aromatic N) is 3. The summed E-state index contributed by atoms with van der Waals surface area (Å²) < 4.78 is 0. The van der Waals surface area contributed by atoms with Crippen LogP contribution in [0.5, 0.6) is 0 Å². The van der Waals surface area contributed by atoms with E-state index in [-0.39, 0.29) is 17.8 Å². The van der Waals surface area contributed by atoms with E-state index in [1.807, 2.05) is 43.0 Å². The highest BCUT2D eigenvalue weighted by molar-refractivity contribution is 5.98. The number of anilines is 1. The van der Waals surface area contributed by atoms with Crippen molar-refractivity contribution in [3.05, 3.63) is 36.0 Å². The zero-order chi connectivity index (χ0) is 16.6. The molecule has 0 aliphatic carbocycles. The number of H-pyrrole nitrogens is 1. The molecule has 120 valence electrons. The Kier molecular flexibility index (Phi) is 3.77. The second kappa shape index (κ2) is 5.75. The van der Waals surface area contributed by atoms with Crippen LogP contribution in [-0.4, -0.2) is 51.3 Å². The van der Waals surface area contributed by atoms with E-state index in [2.05, 4.69) is 10.2 Å². The number of nitrogens with one attached hydrogen (secondary N) is 1. The maximum Gasteiger partial charge on any atom is 0.353 e. The monoisotopic (exact) mass is 314 g/mol. The molecule has 0 spiro atoms. The minimum atomic E-state index is -1.07. The van der Waals surface area contributed by atoms with E-state index >= 15 is 0 Å². The Morgan fingerprint density at radius 3 is 2.65 bits per heavy atom. The molecule has 1 saturated heterocycles. The van der Waals surface area contributed by atoms with Crippen LogP contribution in [0.15, 0.2) is 30.3 Å². The summed E-state index contributed by atoms with van der Waals surface area (Å²) in [5.74, 6) is -1.07. The van der Waals surface area contributed by atoms with Gasteiger partial charge in [-0.2, -0.15) is 5.10 Å². The molecule has 1 fully saturated rings. The Labute approximate surface area is 133 Å². The molecule has 0 bridgehead atoms. The number of aromatic carboxylic acids is 1. The number of aromatic nitrogens is 2. The average Bonchev–Trinajstić information content (AvgIpc) is 3.14. The van der Waals surface area contributed by atoms with Crippen molar-refractivity contribution >= 4 is 17.7 Å². The van der Waals surface area contributed by atoms with Crippen LogP contribution >= 0.6 is 0 Å². The lowest BCUT2D eigenvalue weighted by Crippen LogP contribution is -2.36. The molecule has 1 aliphatic rings. The Hall–Kier alpha value is -2.83. The molecule has 1 aliphatic heterocycles. The van der Waals surface area contributed by atoms with E-state index in [4.69, 9.17) is 5.11 Å². The van der Waals surface area contributed by atoms with Gasteiger partial charge in [0.05, 0.1) is 11.4 Å². The second-order valence-electron chi connectivity index (χ2n) is 5.71. The topological polar surface area (TPSA) is 89.5 Å². The summed E-state index contributed by atoms with van der Waals surface area (Å²) in [4.78, 5) is 27.1. The van der Waals surface area contributed by atoms with E-state index in [1.54, 1.807) is 4.90 Å². The molecule has 1 aromatic heterocycles. The zero-order valence-electron chi connectivity index (χ0n) is 13.0. The molecule has 1 aromatic carbocycles. The molecular formula is C16H18N4O3. The fraction of sp³-hybridized carbons (Fsp3) is 0.312. The highest BCUT2D eigenvalue weighted by atomic mass is 16.4. The van der Waals surface area contributed by atoms with Gasteiger partial charge in [-0.3, -0.25) is 10.00 Å². The largest absolute Gasteiger partial charge is 0.477 e. The summed E-state index contributed by atoms with van der Waals surface area (Å²) >= 11 is 0. The summed E-state index contributed by atoms with van der Waals surface area (Å²) in [5.41, 5.74) is 2.00. The maximum atomic E-state index is 12.6. The lowest BCUT2D eigenvalue weighted by molar-refractivity contribution is 0.0690. The van der Waals surface area contributed by atoms with Gasteiger partial charge >= 0.3 is 12.0 Å². The van der Waals surface area contributed by atoms with E-state index in [1.165, 1.54) is 6.07 Å². The van der Waals surface area contributed by atoms with Gasteiger partial charge in [-0.1, -0.05) is 18.2 Å². The van der Waals surface area contributed by atoms with Crippen molar-refractivity contribution in [1.29, 1.82) is 0 Å². The van der Waals surface area contributed by atoms with Crippen LogP contribution < -0.4 is 4.90 Å². The maximum absolute atomic E-state index is 12.6. The molecule has 2 amide bonds. The predicted molar refractivity (Wildman–Crippen MR) is 85.6 cm³/mol. The second-order valence-corrected chi connectivity index (χ2v) is 5.71. The van der Waals surface area contributed by atoms with Gasteiger partial charge in [0.2, 0.25) is 0 Å². The molecule has 0 unspecified atom stereocenters. The van der Waals surface area contributed by atoms with Gasteiger partial charge in [-0.15, -0.1) is 0 Å². The Bertz CT molecular complexity index is 753. The van der Waals surface area contributed by atoms with E-state index in [9.17, 15) is 9.59 Å². The summed E-state index contributed by atoms with van der Waals surface area (Å²) in [7, 11) is 0. The van der Waals surface area contributed by atoms with Crippen molar-refractivity contribution in [3.63, 3.8) is 0 Å². The number of carboxylic acid groups (broad SMARTS) is 1. The summed E-state index contributed by atoms with van der Waals surface area (Å²) in [6, 6.07) is 8.96. The Balaban J connectivity index is 1.98. The lowest BCUT2D eigenvalue weighted by Gasteiger charge is -2.23. The fourth-order valence-electron chi connectivity index (χ4n) is 2.75. The van der Waals surface area contributed by atoms with Gasteiger partial charge in [-0.25, -0.2) is 9.59 Å². The molecule has 0 atom stereocenters. The van der Waals surface area contributed by atoms with Crippen molar-refractivity contribution in [2.75, 3.05) is 18.0 Å². The van der Waals surface area contributed by atoms with Gasteiger partial charge in [-0.05, 0) is 26.0 Å². The molecule has 2 N–H and O–H groups in total.